The second-order valence-electron chi connectivity index (χ2n) is 14.4. The fourth-order valence-electron chi connectivity index (χ4n) is 6.42. The monoisotopic (exact) mass is 619 g/mol. The molecule has 0 bridgehead atoms. The van der Waals surface area contributed by atoms with Gasteiger partial charge in [0.25, 0.3) is 0 Å². The molecule has 4 amide bonds. The van der Waals surface area contributed by atoms with E-state index < -0.39 is 17.5 Å². The molecule has 1 unspecified atom stereocenters. The lowest BCUT2D eigenvalue weighted by molar-refractivity contribution is -0.142. The van der Waals surface area contributed by atoms with Crippen LogP contribution in [0.2, 0.25) is 0 Å². The average Bonchev–Trinajstić information content (AvgIpc) is 3.46. The highest BCUT2D eigenvalue weighted by molar-refractivity contribution is 5.97. The van der Waals surface area contributed by atoms with Gasteiger partial charge in [-0.1, -0.05) is 47.1 Å². The molecule has 0 aromatic rings. The van der Waals surface area contributed by atoms with E-state index in [1.54, 1.807) is 23.8 Å². The topological polar surface area (TPSA) is 122 Å². The molecule has 3 N–H and O–H groups in total. The fourth-order valence-corrected chi connectivity index (χ4v) is 6.42. The minimum Gasteiger partial charge on any atom is -0.396 e. The number of carbonyl (C=O) groups excluding carboxylic acids is 4. The number of likely N-dealkylation sites (tertiary alicyclic amines) is 2. The highest BCUT2D eigenvalue weighted by atomic mass is 16.3. The number of aliphatic hydroxyl groups excluding tert-OH is 1. The summed E-state index contributed by atoms with van der Waals surface area (Å²) in [6.07, 6.45) is 8.40. The number of nitrogens with zero attached hydrogens (tertiary/aromatic N) is 3. The zero-order valence-electron chi connectivity index (χ0n) is 28.9. The predicted octanol–water partition coefficient (Wildman–Crippen LogP) is 3.48. The number of unbranched alkanes of at least 4 members (excludes halogenated alkanes) is 2. The van der Waals surface area contributed by atoms with Gasteiger partial charge in [-0.3, -0.25) is 24.1 Å². The number of hydrogen-bond donors (Lipinski definition) is 3. The molecule has 2 heterocycles. The second-order valence-corrected chi connectivity index (χ2v) is 14.4. The first-order valence-electron chi connectivity index (χ1n) is 16.8. The van der Waals surface area contributed by atoms with Crippen molar-refractivity contribution in [1.29, 1.82) is 0 Å². The lowest BCUT2D eigenvalue weighted by Gasteiger charge is -2.41. The largest absolute Gasteiger partial charge is 0.396 e. The van der Waals surface area contributed by atoms with Crippen molar-refractivity contribution < 1.29 is 24.3 Å². The molecule has 2 aliphatic rings. The molecule has 2 saturated heterocycles. The van der Waals surface area contributed by atoms with E-state index in [4.69, 9.17) is 5.11 Å². The van der Waals surface area contributed by atoms with Crippen LogP contribution in [-0.2, 0) is 19.2 Å². The molecule has 0 aromatic carbocycles. The molecule has 0 aliphatic carbocycles. The van der Waals surface area contributed by atoms with Gasteiger partial charge >= 0.3 is 0 Å². The summed E-state index contributed by atoms with van der Waals surface area (Å²) in [4.78, 5) is 59.7. The SMILES string of the molecule is CC(=CC(C(C)C)N(C)C(=O)[C@@H](NC(=O)[C@H]1CCCCN1C(C)C)C(C)(C)C)C(=O)N1CCC[C@H]1C(=O)NCCCCCO. The Hall–Kier alpha value is -2.46. The van der Waals surface area contributed by atoms with Gasteiger partial charge in [0.2, 0.25) is 23.6 Å². The van der Waals surface area contributed by atoms with Gasteiger partial charge in [0.05, 0.1) is 12.1 Å². The summed E-state index contributed by atoms with van der Waals surface area (Å²) in [5.74, 6) is -0.615. The molecule has 2 aliphatic heterocycles. The van der Waals surface area contributed by atoms with Crippen LogP contribution in [0.5, 0.6) is 0 Å². The zero-order chi connectivity index (χ0) is 33.2. The summed E-state index contributed by atoms with van der Waals surface area (Å²) in [6.45, 7) is 17.9. The number of hydrogen-bond acceptors (Lipinski definition) is 6. The van der Waals surface area contributed by atoms with Crippen molar-refractivity contribution in [3.63, 3.8) is 0 Å². The number of piperidine rings is 1. The molecule has 10 nitrogen and oxygen atoms in total. The molecule has 4 atom stereocenters. The van der Waals surface area contributed by atoms with Gasteiger partial charge in [-0.2, -0.15) is 0 Å². The van der Waals surface area contributed by atoms with Crippen LogP contribution in [0.15, 0.2) is 11.6 Å². The minimum absolute atomic E-state index is 0.00870. The highest BCUT2D eigenvalue weighted by Gasteiger charge is 2.40. The lowest BCUT2D eigenvalue weighted by atomic mass is 9.84. The zero-order valence-corrected chi connectivity index (χ0v) is 28.9. The van der Waals surface area contributed by atoms with Gasteiger partial charge in [-0.05, 0) is 83.6 Å². The quantitative estimate of drug-likeness (QED) is 0.202. The Kier molecular flexibility index (Phi) is 14.8. The fraction of sp³-hybridized carbons (Fsp3) is 0.824. The van der Waals surface area contributed by atoms with Gasteiger partial charge in [0.1, 0.15) is 12.1 Å². The molecule has 252 valence electrons. The van der Waals surface area contributed by atoms with Gasteiger partial charge in [-0.15, -0.1) is 0 Å². The van der Waals surface area contributed by atoms with Crippen molar-refractivity contribution in [2.45, 2.75) is 137 Å². The third kappa shape index (κ3) is 10.3. The van der Waals surface area contributed by atoms with Crippen LogP contribution in [0.1, 0.15) is 107 Å². The van der Waals surface area contributed by atoms with E-state index in [-0.39, 0.29) is 54.3 Å². The van der Waals surface area contributed by atoms with E-state index in [9.17, 15) is 19.2 Å². The van der Waals surface area contributed by atoms with Crippen LogP contribution in [0.3, 0.4) is 0 Å². The van der Waals surface area contributed by atoms with Crippen molar-refractivity contribution in [2.24, 2.45) is 11.3 Å². The van der Waals surface area contributed by atoms with Gasteiger partial charge in [-0.25, -0.2) is 0 Å². The Balaban J connectivity index is 2.19. The first-order valence-corrected chi connectivity index (χ1v) is 16.8. The van der Waals surface area contributed by atoms with Crippen LogP contribution in [0.4, 0.5) is 0 Å². The van der Waals surface area contributed by atoms with Crippen LogP contribution in [-0.4, -0.2) is 107 Å². The smallest absolute Gasteiger partial charge is 0.249 e. The summed E-state index contributed by atoms with van der Waals surface area (Å²) in [5, 5.41) is 15.0. The van der Waals surface area contributed by atoms with E-state index in [2.05, 4.69) is 29.4 Å². The van der Waals surface area contributed by atoms with Crippen LogP contribution < -0.4 is 10.6 Å². The van der Waals surface area contributed by atoms with Crippen molar-refractivity contribution in [3.05, 3.63) is 11.6 Å². The van der Waals surface area contributed by atoms with Gasteiger partial charge < -0.3 is 25.5 Å². The summed E-state index contributed by atoms with van der Waals surface area (Å²) in [5.41, 5.74) is -0.0278. The molecule has 10 heteroatoms. The lowest BCUT2D eigenvalue weighted by Crippen LogP contribution is -2.60. The van der Waals surface area contributed by atoms with Crippen LogP contribution in [0.25, 0.3) is 0 Å². The normalized spacial score (nSPS) is 21.4. The van der Waals surface area contributed by atoms with Gasteiger partial charge in [0.15, 0.2) is 0 Å². The molecule has 0 aromatic heterocycles. The number of rotatable bonds is 14. The highest BCUT2D eigenvalue weighted by Crippen LogP contribution is 2.27. The number of amides is 4. The average molecular weight is 620 g/mol. The Labute approximate surface area is 266 Å². The first-order chi connectivity index (χ1) is 20.6. The van der Waals surface area contributed by atoms with Crippen molar-refractivity contribution in [1.82, 2.24) is 25.3 Å². The van der Waals surface area contributed by atoms with E-state index >= 15 is 0 Å². The number of carbonyl (C=O) groups is 4. The summed E-state index contributed by atoms with van der Waals surface area (Å²) in [7, 11) is 1.75. The molecule has 0 spiro atoms. The Morgan fingerprint density at radius 2 is 1.59 bits per heavy atom. The maximum Gasteiger partial charge on any atom is 0.249 e. The van der Waals surface area contributed by atoms with Crippen LogP contribution in [0, 0.1) is 11.3 Å². The molecular weight excluding hydrogens is 558 g/mol. The van der Waals surface area contributed by atoms with E-state index in [0.29, 0.717) is 31.5 Å². The van der Waals surface area contributed by atoms with E-state index in [1.807, 2.05) is 40.7 Å². The predicted molar refractivity (Wildman–Crippen MR) is 175 cm³/mol. The van der Waals surface area contributed by atoms with Gasteiger partial charge in [0, 0.05) is 38.4 Å². The first kappa shape index (κ1) is 37.7. The Bertz CT molecular complexity index is 1000. The second kappa shape index (κ2) is 17.3. The molecule has 2 rings (SSSR count). The maximum atomic E-state index is 14.1. The molecule has 2 fully saturated rings. The van der Waals surface area contributed by atoms with E-state index in [0.717, 1.165) is 45.1 Å². The van der Waals surface area contributed by atoms with Crippen molar-refractivity contribution in [2.75, 3.05) is 33.3 Å². The van der Waals surface area contributed by atoms with Crippen molar-refractivity contribution >= 4 is 23.6 Å². The summed E-state index contributed by atoms with van der Waals surface area (Å²) >= 11 is 0. The van der Waals surface area contributed by atoms with E-state index in [1.165, 1.54) is 0 Å². The number of likely N-dealkylation sites (N-methyl/N-ethyl adjacent to an activating group) is 1. The summed E-state index contributed by atoms with van der Waals surface area (Å²) in [6, 6.07) is -1.63. The summed E-state index contributed by atoms with van der Waals surface area (Å²) < 4.78 is 0. The molecule has 44 heavy (non-hydrogen) atoms. The number of aliphatic hydroxyl groups is 1. The molecule has 0 radical (unpaired) electrons. The minimum atomic E-state index is -0.731. The Morgan fingerprint density at radius 1 is 0.932 bits per heavy atom. The standard InChI is InChI=1S/C34H61N5O5/c1-23(2)28(22-25(5)32(43)39-20-15-17-26(39)30(41)35-18-12-10-14-21-40)37(9)33(44)29(34(6,7)8)36-31(42)27-16-11-13-19-38(27)24(3)4/h22-24,26-29,40H,10-21H2,1-9H3,(H,35,41)(H,36,42)/t26-,27+,28?,29+/m0/s1. The van der Waals surface area contributed by atoms with Crippen LogP contribution >= 0.6 is 0 Å². The third-order valence-corrected chi connectivity index (χ3v) is 9.10. The molecular formula is C34H61N5O5. The number of nitrogens with one attached hydrogen (secondary N) is 2. The third-order valence-electron chi connectivity index (χ3n) is 9.10. The Morgan fingerprint density at radius 3 is 2.18 bits per heavy atom. The maximum absolute atomic E-state index is 14.1. The molecule has 0 saturated carbocycles. The van der Waals surface area contributed by atoms with Crippen molar-refractivity contribution in [3.8, 4) is 0 Å².